The van der Waals surface area contributed by atoms with Crippen LogP contribution in [0.25, 0.3) is 0 Å². The molecule has 4 heterocycles. The summed E-state index contributed by atoms with van der Waals surface area (Å²) < 4.78 is 111. The van der Waals surface area contributed by atoms with Crippen LogP contribution in [0, 0.1) is 5.82 Å². The van der Waals surface area contributed by atoms with E-state index in [0.717, 1.165) is 18.2 Å². The third-order valence-corrected chi connectivity index (χ3v) is 9.48. The Morgan fingerprint density at radius 1 is 1.02 bits per heavy atom. The number of hydrogen-bond acceptors (Lipinski definition) is 8. The Hall–Kier alpha value is -5.67. The fraction of sp³-hybridized carbons (Fsp3) is 0.371. The second-order valence-electron chi connectivity index (χ2n) is 13.0. The maximum Gasteiger partial charge on any atom is 0.449 e. The van der Waals surface area contributed by atoms with Gasteiger partial charge in [-0.05, 0) is 67.9 Å². The van der Waals surface area contributed by atoms with E-state index in [4.69, 9.17) is 9.15 Å². The summed E-state index contributed by atoms with van der Waals surface area (Å²) in [5.41, 5.74) is -4.49. The second kappa shape index (κ2) is 15.5. The van der Waals surface area contributed by atoms with E-state index in [1.54, 1.807) is 0 Å². The Kier molecular flexibility index (Phi) is 11.0. The van der Waals surface area contributed by atoms with Crippen molar-refractivity contribution in [3.05, 3.63) is 121 Å². The molecule has 0 bridgehead atoms. The lowest BCUT2D eigenvalue weighted by Gasteiger charge is -2.34. The van der Waals surface area contributed by atoms with Crippen LogP contribution in [0.5, 0.6) is 0 Å². The number of fused-ring (bicyclic) bond motifs is 2. The van der Waals surface area contributed by atoms with Crippen molar-refractivity contribution in [3.63, 3.8) is 0 Å². The van der Waals surface area contributed by atoms with Crippen LogP contribution in [0.3, 0.4) is 0 Å². The van der Waals surface area contributed by atoms with Crippen LogP contribution in [0.1, 0.15) is 64.5 Å². The molecule has 1 fully saturated rings. The number of urea groups is 1. The number of rotatable bonds is 10. The number of alkyl halides is 6. The molecule has 0 aliphatic carbocycles. The highest BCUT2D eigenvalue weighted by molar-refractivity contribution is 5.88. The molecule has 2 aliphatic rings. The molecule has 0 radical (unpaired) electrons. The van der Waals surface area contributed by atoms with Crippen LogP contribution in [0.15, 0.2) is 68.6 Å². The lowest BCUT2D eigenvalue weighted by molar-refractivity contribution is -0.153. The van der Waals surface area contributed by atoms with Crippen molar-refractivity contribution in [2.45, 2.75) is 62.5 Å². The van der Waals surface area contributed by atoms with Gasteiger partial charge < -0.3 is 30.2 Å². The number of hydrogen-bond donors (Lipinski definition) is 5. The first kappa shape index (κ1) is 40.0. The van der Waals surface area contributed by atoms with Gasteiger partial charge in [0.2, 0.25) is 5.76 Å². The molecule has 300 valence electrons. The van der Waals surface area contributed by atoms with Gasteiger partial charge in [0, 0.05) is 17.7 Å². The highest BCUT2D eigenvalue weighted by atomic mass is 19.4. The van der Waals surface area contributed by atoms with Gasteiger partial charge in [-0.2, -0.15) is 26.3 Å². The first-order valence-electron chi connectivity index (χ1n) is 16.9. The normalized spacial score (nSPS) is 17.0. The number of furan rings is 1. The number of piperidine rings is 1. The molecule has 56 heavy (non-hydrogen) atoms. The summed E-state index contributed by atoms with van der Waals surface area (Å²) in [6, 6.07) is 7.23. The molecular formula is C35H33F7N6O8. The van der Waals surface area contributed by atoms with Crippen LogP contribution in [-0.2, 0) is 47.0 Å². The molecule has 3 amide bonds. The molecule has 2 aliphatic heterocycles. The molecule has 6 rings (SSSR count). The van der Waals surface area contributed by atoms with E-state index in [1.807, 2.05) is 5.48 Å². The third-order valence-electron chi connectivity index (χ3n) is 9.48. The van der Waals surface area contributed by atoms with E-state index in [-0.39, 0.29) is 54.2 Å². The Balaban J connectivity index is 1.57. The van der Waals surface area contributed by atoms with Crippen LogP contribution >= 0.6 is 0 Å². The average Bonchev–Trinajstić information content (AvgIpc) is 3.71. The average molecular weight is 799 g/mol. The Bertz CT molecular complexity index is 2240. The van der Waals surface area contributed by atoms with E-state index in [2.05, 4.69) is 20.8 Å². The predicted molar refractivity (Wildman–Crippen MR) is 180 cm³/mol. The molecule has 5 N–H and O–H groups in total. The van der Waals surface area contributed by atoms with Crippen molar-refractivity contribution in [3.8, 4) is 0 Å². The van der Waals surface area contributed by atoms with Crippen molar-refractivity contribution in [2.75, 3.05) is 25.5 Å². The number of aromatic nitrogens is 2. The summed E-state index contributed by atoms with van der Waals surface area (Å²) in [5.74, 6) is -2.99. The minimum absolute atomic E-state index is 0.0669. The summed E-state index contributed by atoms with van der Waals surface area (Å²) >= 11 is 0. The topological polar surface area (TPSA) is 178 Å². The summed E-state index contributed by atoms with van der Waals surface area (Å²) in [5, 5.41) is 17.5. The largest absolute Gasteiger partial charge is 0.465 e. The van der Waals surface area contributed by atoms with Gasteiger partial charge in [-0.15, -0.1) is 0 Å². The van der Waals surface area contributed by atoms with Gasteiger partial charge in [-0.25, -0.2) is 24.3 Å². The van der Waals surface area contributed by atoms with Crippen LogP contribution < -0.4 is 32.7 Å². The summed E-state index contributed by atoms with van der Waals surface area (Å²) in [6.45, 7) is -1.39. The van der Waals surface area contributed by atoms with Crippen molar-refractivity contribution < 1.29 is 59.4 Å². The first-order valence-corrected chi connectivity index (χ1v) is 16.9. The van der Waals surface area contributed by atoms with Crippen molar-refractivity contribution >= 4 is 17.8 Å². The first-order chi connectivity index (χ1) is 26.4. The monoisotopic (exact) mass is 798 g/mol. The number of nitrogens with one attached hydrogen (secondary N) is 4. The number of amides is 3. The van der Waals surface area contributed by atoms with E-state index in [1.165, 1.54) is 31.4 Å². The fourth-order valence-electron chi connectivity index (χ4n) is 7.13. The summed E-state index contributed by atoms with van der Waals surface area (Å²) in [6.07, 6.45) is -13.4. The van der Waals surface area contributed by atoms with Crippen LogP contribution in [0.4, 0.5) is 46.0 Å². The molecule has 2 atom stereocenters. The molecule has 2 unspecified atom stereocenters. The van der Waals surface area contributed by atoms with E-state index < -0.39 is 95.7 Å². The quantitative estimate of drug-likeness (QED) is 0.104. The minimum atomic E-state index is -5.11. The molecule has 2 aromatic heterocycles. The predicted octanol–water partition coefficient (Wildman–Crippen LogP) is 5.41. The molecule has 4 aromatic rings. The maximum atomic E-state index is 15.4. The number of benzene rings is 2. The highest BCUT2D eigenvalue weighted by Crippen LogP contribution is 2.48. The summed E-state index contributed by atoms with van der Waals surface area (Å²) in [4.78, 5) is 58.0. The van der Waals surface area contributed by atoms with Crippen molar-refractivity contribution in [2.24, 2.45) is 0 Å². The molecule has 1 spiro atoms. The number of carboxylic acid groups (broad SMARTS) is 1. The van der Waals surface area contributed by atoms with Crippen molar-refractivity contribution in [1.82, 2.24) is 25.2 Å². The zero-order valence-electron chi connectivity index (χ0n) is 29.1. The lowest BCUT2D eigenvalue weighted by atomic mass is 9.85. The van der Waals surface area contributed by atoms with E-state index in [0.29, 0.717) is 21.3 Å². The Morgan fingerprint density at radius 3 is 2.38 bits per heavy atom. The number of nitrogens with zero attached hydrogens (tertiary/aromatic N) is 2. The maximum absolute atomic E-state index is 15.4. The number of hydroxylamine groups is 1. The van der Waals surface area contributed by atoms with Gasteiger partial charge in [0.1, 0.15) is 23.3 Å². The molecule has 21 heteroatoms. The molecule has 14 nitrogen and oxygen atoms in total. The molecular weight excluding hydrogens is 765 g/mol. The number of halogens is 7. The lowest BCUT2D eigenvalue weighted by Crippen LogP contribution is -2.49. The minimum Gasteiger partial charge on any atom is -0.465 e. The van der Waals surface area contributed by atoms with Gasteiger partial charge in [0.15, 0.2) is 0 Å². The van der Waals surface area contributed by atoms with Gasteiger partial charge in [-0.3, -0.25) is 18.8 Å². The summed E-state index contributed by atoms with van der Waals surface area (Å²) in [7, 11) is 1.18. The van der Waals surface area contributed by atoms with E-state index >= 15 is 4.39 Å². The molecule has 0 saturated carbocycles. The highest BCUT2D eigenvalue weighted by Gasteiger charge is 2.51. The van der Waals surface area contributed by atoms with Gasteiger partial charge in [0.05, 0.1) is 43.1 Å². The van der Waals surface area contributed by atoms with E-state index in [9.17, 15) is 50.6 Å². The number of ether oxygens (including phenoxy) is 1. The van der Waals surface area contributed by atoms with Crippen LogP contribution in [0.2, 0.25) is 0 Å². The Morgan fingerprint density at radius 2 is 1.73 bits per heavy atom. The van der Waals surface area contributed by atoms with Gasteiger partial charge in [0.25, 0.3) is 5.56 Å². The zero-order valence-corrected chi connectivity index (χ0v) is 29.1. The third kappa shape index (κ3) is 8.14. The standard InChI is InChI=1S/C35H33F7N6O8/c1-54-46-30(50)44-19-5-2-4-18(14-19)24(45-31(51)52)17-48-29(49)27-28(47(32(48)53)16-21-22(34(37,38)39)6-3-7-23(21)36)25(56-33(27)10-12-43-13-11-33)15-20-8-9-26(55-20)35(40,41)42/h2-9,14,24-25,43,45H,10-13,15-17H2,1H3,(H,51,52)(H2,44,46,50). The second-order valence-corrected chi connectivity index (χ2v) is 13.0. The molecule has 1 saturated heterocycles. The Labute approximate surface area is 311 Å². The number of anilines is 1. The molecule has 2 aromatic carbocycles. The van der Waals surface area contributed by atoms with Crippen molar-refractivity contribution in [1.29, 1.82) is 0 Å². The zero-order chi connectivity index (χ0) is 40.6. The van der Waals surface area contributed by atoms with Gasteiger partial charge >= 0.3 is 30.2 Å². The smallest absolute Gasteiger partial charge is 0.449 e. The number of carbonyl (C=O) groups is 2. The van der Waals surface area contributed by atoms with Crippen LogP contribution in [-0.4, -0.2) is 46.6 Å². The SMILES string of the molecule is CONC(=O)Nc1cccc(C(Cn2c(=O)c3c(n(Cc4c(F)cccc4C(F)(F)F)c2=O)C(Cc2ccc(C(F)(F)F)o2)OC32CCNCC2)NC(=O)O)c1. The van der Waals surface area contributed by atoms with Gasteiger partial charge in [-0.1, -0.05) is 18.2 Å². The fourth-order valence-corrected chi connectivity index (χ4v) is 7.13. The number of carbonyl (C=O) groups excluding carboxylic acids is 1.